The van der Waals surface area contributed by atoms with Crippen molar-refractivity contribution in [1.82, 2.24) is 0 Å². The van der Waals surface area contributed by atoms with Crippen LogP contribution in [-0.2, 0) is 18.5 Å². The van der Waals surface area contributed by atoms with Gasteiger partial charge in [0.1, 0.15) is 0 Å². The molecule has 0 aliphatic heterocycles. The normalized spacial score (nSPS) is 11.4. The Morgan fingerprint density at radius 1 is 1.35 bits per heavy atom. The maximum atomic E-state index is 11.8. The summed E-state index contributed by atoms with van der Waals surface area (Å²) in [6, 6.07) is 2.71. The molecule has 1 aromatic carbocycles. The second-order valence-electron chi connectivity index (χ2n) is 4.00. The molecule has 0 aliphatic carbocycles. The van der Waals surface area contributed by atoms with Crippen molar-refractivity contribution < 1.29 is 22.7 Å². The van der Waals surface area contributed by atoms with Gasteiger partial charge in [-0.05, 0) is 24.6 Å². The van der Waals surface area contributed by atoms with Gasteiger partial charge in [0.15, 0.2) is 0 Å². The molecule has 0 N–H and O–H groups in total. The molecule has 5 nitrogen and oxygen atoms in total. The number of halogens is 2. The molecule has 1 rings (SSSR count). The molecule has 20 heavy (non-hydrogen) atoms. The molecular formula is C12H14BrClO5S. The van der Waals surface area contributed by atoms with E-state index in [0.717, 1.165) is 0 Å². The van der Waals surface area contributed by atoms with Crippen molar-refractivity contribution in [3.8, 4) is 0 Å². The Morgan fingerprint density at radius 2 is 2.00 bits per heavy atom. The van der Waals surface area contributed by atoms with Gasteiger partial charge in [0.2, 0.25) is 0 Å². The number of rotatable bonds is 6. The van der Waals surface area contributed by atoms with Crippen LogP contribution in [0.2, 0.25) is 0 Å². The highest BCUT2D eigenvalue weighted by atomic mass is 79.9. The fraction of sp³-hybridized carbons (Fsp3) is 0.417. The van der Waals surface area contributed by atoms with E-state index in [1.165, 1.54) is 12.1 Å². The van der Waals surface area contributed by atoms with Crippen molar-refractivity contribution in [2.24, 2.45) is 0 Å². The van der Waals surface area contributed by atoms with Gasteiger partial charge in [-0.1, -0.05) is 15.9 Å². The Balaban J connectivity index is 2.97. The highest BCUT2D eigenvalue weighted by molar-refractivity contribution is 9.10. The topological polar surface area (TPSA) is 69.7 Å². The van der Waals surface area contributed by atoms with Crippen molar-refractivity contribution in [2.75, 3.05) is 20.3 Å². The van der Waals surface area contributed by atoms with Crippen LogP contribution >= 0.6 is 26.6 Å². The molecule has 0 amide bonds. The first kappa shape index (κ1) is 17.4. The Kier molecular flexibility index (Phi) is 6.44. The van der Waals surface area contributed by atoms with E-state index in [2.05, 4.69) is 15.9 Å². The van der Waals surface area contributed by atoms with Gasteiger partial charge in [-0.2, -0.15) is 0 Å². The third-order valence-corrected chi connectivity index (χ3v) is 4.79. The van der Waals surface area contributed by atoms with E-state index < -0.39 is 15.0 Å². The van der Waals surface area contributed by atoms with E-state index in [1.54, 1.807) is 14.0 Å². The van der Waals surface area contributed by atoms with Crippen LogP contribution in [0.25, 0.3) is 0 Å². The lowest BCUT2D eigenvalue weighted by Crippen LogP contribution is -2.09. The predicted octanol–water partition coefficient (Wildman–Crippen LogP) is 2.88. The first-order valence-corrected chi connectivity index (χ1v) is 8.78. The molecule has 0 heterocycles. The summed E-state index contributed by atoms with van der Waals surface area (Å²) < 4.78 is 33.2. The minimum Gasteiger partial charge on any atom is -0.462 e. The molecular weight excluding hydrogens is 372 g/mol. The van der Waals surface area contributed by atoms with Gasteiger partial charge in [-0.25, -0.2) is 13.2 Å². The quantitative estimate of drug-likeness (QED) is 0.428. The predicted molar refractivity (Wildman–Crippen MR) is 78.7 cm³/mol. The summed E-state index contributed by atoms with van der Waals surface area (Å²) in [6.45, 7) is 2.26. The maximum Gasteiger partial charge on any atom is 0.338 e. The first-order valence-electron chi connectivity index (χ1n) is 5.68. The molecule has 0 bridgehead atoms. The SMILES string of the molecule is COCCCOC(=O)c1cc(Br)c(C)c(S(=O)(=O)Cl)c1. The highest BCUT2D eigenvalue weighted by Crippen LogP contribution is 2.28. The van der Waals surface area contributed by atoms with Crippen LogP contribution < -0.4 is 0 Å². The lowest BCUT2D eigenvalue weighted by Gasteiger charge is -2.09. The number of ether oxygens (including phenoxy) is 2. The highest BCUT2D eigenvalue weighted by Gasteiger charge is 2.19. The molecule has 0 saturated heterocycles. The van der Waals surface area contributed by atoms with Gasteiger partial charge in [0.05, 0.1) is 17.1 Å². The third-order valence-electron chi connectivity index (χ3n) is 2.52. The van der Waals surface area contributed by atoms with E-state index in [-0.39, 0.29) is 17.1 Å². The molecule has 1 aromatic rings. The Hall–Kier alpha value is -0.630. The van der Waals surface area contributed by atoms with Gasteiger partial charge < -0.3 is 9.47 Å². The van der Waals surface area contributed by atoms with Crippen LogP contribution in [0.3, 0.4) is 0 Å². The van der Waals surface area contributed by atoms with E-state index >= 15 is 0 Å². The molecule has 0 fully saturated rings. The number of carbonyl (C=O) groups excluding carboxylic acids is 1. The molecule has 0 spiro atoms. The van der Waals surface area contributed by atoms with E-state index in [4.69, 9.17) is 20.2 Å². The van der Waals surface area contributed by atoms with Crippen molar-refractivity contribution >= 4 is 41.6 Å². The van der Waals surface area contributed by atoms with Crippen LogP contribution in [0.15, 0.2) is 21.5 Å². The number of benzene rings is 1. The minimum atomic E-state index is -3.93. The lowest BCUT2D eigenvalue weighted by atomic mass is 10.1. The second kappa shape index (κ2) is 7.40. The first-order chi connectivity index (χ1) is 9.27. The lowest BCUT2D eigenvalue weighted by molar-refractivity contribution is 0.0468. The molecule has 0 radical (unpaired) electrons. The number of carbonyl (C=O) groups is 1. The molecule has 0 aromatic heterocycles. The van der Waals surface area contributed by atoms with Crippen LogP contribution in [0, 0.1) is 6.92 Å². The van der Waals surface area contributed by atoms with Crippen LogP contribution in [0.5, 0.6) is 0 Å². The number of hydrogen-bond donors (Lipinski definition) is 0. The van der Waals surface area contributed by atoms with Crippen molar-refractivity contribution in [1.29, 1.82) is 0 Å². The van der Waals surface area contributed by atoms with Crippen LogP contribution in [0.4, 0.5) is 0 Å². The van der Waals surface area contributed by atoms with E-state index in [9.17, 15) is 13.2 Å². The summed E-state index contributed by atoms with van der Waals surface area (Å²) in [5.41, 5.74) is 0.565. The fourth-order valence-electron chi connectivity index (χ4n) is 1.48. The number of methoxy groups -OCH3 is 1. The molecule has 8 heteroatoms. The average molecular weight is 386 g/mol. The summed E-state index contributed by atoms with van der Waals surface area (Å²) in [5, 5.41) is 0. The van der Waals surface area contributed by atoms with Crippen molar-refractivity contribution in [2.45, 2.75) is 18.2 Å². The van der Waals surface area contributed by atoms with Gasteiger partial charge >= 0.3 is 5.97 Å². The van der Waals surface area contributed by atoms with Gasteiger partial charge in [-0.15, -0.1) is 0 Å². The average Bonchev–Trinajstić information content (AvgIpc) is 2.36. The summed E-state index contributed by atoms with van der Waals surface area (Å²) in [4.78, 5) is 11.7. The smallest absolute Gasteiger partial charge is 0.338 e. The molecule has 0 unspecified atom stereocenters. The molecule has 0 aliphatic rings. The van der Waals surface area contributed by atoms with E-state index in [0.29, 0.717) is 23.1 Å². The summed E-state index contributed by atoms with van der Waals surface area (Å²) in [7, 11) is 2.97. The van der Waals surface area contributed by atoms with Crippen LogP contribution in [0.1, 0.15) is 22.3 Å². The summed E-state index contributed by atoms with van der Waals surface area (Å²) >= 11 is 3.20. The second-order valence-corrected chi connectivity index (χ2v) is 7.39. The summed E-state index contributed by atoms with van der Waals surface area (Å²) in [6.07, 6.45) is 0.565. The Bertz CT molecular complexity index is 600. The minimum absolute atomic E-state index is 0.114. The summed E-state index contributed by atoms with van der Waals surface area (Å²) in [5.74, 6) is -0.608. The maximum absolute atomic E-state index is 11.8. The molecule has 0 saturated carbocycles. The Morgan fingerprint density at radius 3 is 2.55 bits per heavy atom. The standard InChI is InChI=1S/C12H14BrClO5S/c1-8-10(13)6-9(7-11(8)20(14,16)17)12(15)19-5-3-4-18-2/h6-7H,3-5H2,1-2H3. The van der Waals surface area contributed by atoms with Gasteiger partial charge in [0.25, 0.3) is 9.05 Å². The Labute approximate surface area is 130 Å². The monoisotopic (exact) mass is 384 g/mol. The van der Waals surface area contributed by atoms with Crippen LogP contribution in [-0.4, -0.2) is 34.7 Å². The number of hydrogen-bond acceptors (Lipinski definition) is 5. The number of esters is 1. The zero-order valence-corrected chi connectivity index (χ0v) is 14.1. The fourth-order valence-corrected chi connectivity index (χ4v) is 3.29. The van der Waals surface area contributed by atoms with Gasteiger partial charge in [0, 0.05) is 35.3 Å². The largest absolute Gasteiger partial charge is 0.462 e. The zero-order chi connectivity index (χ0) is 15.3. The molecule has 112 valence electrons. The van der Waals surface area contributed by atoms with Crippen molar-refractivity contribution in [3.63, 3.8) is 0 Å². The van der Waals surface area contributed by atoms with Gasteiger partial charge in [-0.3, -0.25) is 0 Å². The zero-order valence-electron chi connectivity index (χ0n) is 11.0. The van der Waals surface area contributed by atoms with Crippen molar-refractivity contribution in [3.05, 3.63) is 27.7 Å². The molecule has 0 atom stereocenters. The van der Waals surface area contributed by atoms with E-state index in [1.807, 2.05) is 0 Å². The third kappa shape index (κ3) is 4.73.